The molecule has 1 heterocycles. The van der Waals surface area contributed by atoms with E-state index < -0.39 is 0 Å². The molecule has 1 aromatic heterocycles. The van der Waals surface area contributed by atoms with Crippen molar-refractivity contribution in [1.82, 2.24) is 5.32 Å². The van der Waals surface area contributed by atoms with Crippen molar-refractivity contribution in [3.05, 3.63) is 36.1 Å². The molecular weight excluding hydrogens is 218 g/mol. The van der Waals surface area contributed by atoms with Gasteiger partial charge in [0.05, 0.1) is 12.3 Å². The number of fused-ring (bicyclic) bond motifs is 1. The first-order valence-electron chi connectivity index (χ1n) is 5.56. The third kappa shape index (κ3) is 2.38. The second-order valence-corrected chi connectivity index (χ2v) is 3.89. The molecular formula is C13H15NO3. The summed E-state index contributed by atoms with van der Waals surface area (Å²) in [5, 5.41) is 12.7. The average molecular weight is 233 g/mol. The fraction of sp³-hybridized carbons (Fsp3) is 0.308. The van der Waals surface area contributed by atoms with Gasteiger partial charge in [-0.2, -0.15) is 0 Å². The Kier molecular flexibility index (Phi) is 3.56. The molecule has 0 saturated carbocycles. The molecule has 0 bridgehead atoms. The lowest BCUT2D eigenvalue weighted by molar-refractivity contribution is 0.0929. The molecule has 4 nitrogen and oxygen atoms in total. The molecule has 2 N–H and O–H groups in total. The molecule has 0 aliphatic rings. The molecule has 0 aliphatic carbocycles. The van der Waals surface area contributed by atoms with E-state index in [0.717, 1.165) is 11.0 Å². The minimum atomic E-state index is -0.343. The van der Waals surface area contributed by atoms with Crippen molar-refractivity contribution < 1.29 is 14.3 Å². The molecule has 0 amide bonds. The fourth-order valence-corrected chi connectivity index (χ4v) is 1.86. The van der Waals surface area contributed by atoms with Gasteiger partial charge in [0.15, 0.2) is 5.78 Å². The Morgan fingerprint density at radius 1 is 1.47 bits per heavy atom. The molecule has 2 aromatic rings. The van der Waals surface area contributed by atoms with Gasteiger partial charge in [0.25, 0.3) is 0 Å². The van der Waals surface area contributed by atoms with Crippen LogP contribution in [-0.4, -0.2) is 30.6 Å². The fourth-order valence-electron chi connectivity index (χ4n) is 1.86. The Morgan fingerprint density at radius 3 is 3.00 bits per heavy atom. The van der Waals surface area contributed by atoms with Crippen molar-refractivity contribution in [2.24, 2.45) is 0 Å². The van der Waals surface area contributed by atoms with Crippen LogP contribution in [0, 0.1) is 0 Å². The largest absolute Gasteiger partial charge is 0.464 e. The van der Waals surface area contributed by atoms with Gasteiger partial charge < -0.3 is 14.8 Å². The number of carbonyl (C=O) groups is 1. The lowest BCUT2D eigenvalue weighted by Gasteiger charge is -2.13. The quantitative estimate of drug-likeness (QED) is 0.770. The van der Waals surface area contributed by atoms with Crippen molar-refractivity contribution in [3.63, 3.8) is 0 Å². The number of hydrogen-bond donors (Lipinski definition) is 2. The number of furan rings is 1. The highest BCUT2D eigenvalue weighted by Gasteiger charge is 2.17. The van der Waals surface area contributed by atoms with Crippen molar-refractivity contribution >= 4 is 16.8 Å². The predicted octanol–water partition coefficient (Wildman–Crippen LogP) is 1.59. The van der Waals surface area contributed by atoms with Gasteiger partial charge in [-0.25, -0.2) is 0 Å². The second kappa shape index (κ2) is 5.12. The minimum absolute atomic E-state index is 0.00873. The van der Waals surface area contributed by atoms with Gasteiger partial charge in [-0.15, -0.1) is 0 Å². The maximum atomic E-state index is 12.1. The highest BCUT2D eigenvalue weighted by Crippen LogP contribution is 2.18. The van der Waals surface area contributed by atoms with Crippen LogP contribution in [-0.2, 0) is 0 Å². The van der Waals surface area contributed by atoms with Crippen molar-refractivity contribution in [3.8, 4) is 0 Å². The number of Topliss-reactive ketones (excluding diaryl/α,β-unsaturated/α-hetero) is 1. The van der Waals surface area contributed by atoms with E-state index in [1.807, 2.05) is 12.1 Å². The summed E-state index contributed by atoms with van der Waals surface area (Å²) in [4.78, 5) is 12.1. The first-order chi connectivity index (χ1) is 8.26. The summed E-state index contributed by atoms with van der Waals surface area (Å²) in [5.74, 6) is -0.00958. The van der Waals surface area contributed by atoms with Crippen molar-refractivity contribution in [2.45, 2.75) is 12.5 Å². The maximum Gasteiger partial charge on any atom is 0.179 e. The SMILES string of the molecule is CNC(CCO)C(=O)c1ccc2occc2c1. The number of carbonyl (C=O) groups excluding carboxylic acids is 1. The molecule has 0 aliphatic heterocycles. The maximum absolute atomic E-state index is 12.1. The van der Waals surface area contributed by atoms with Crippen LogP contribution in [0.5, 0.6) is 0 Å². The molecule has 1 unspecified atom stereocenters. The number of nitrogens with one attached hydrogen (secondary N) is 1. The number of aliphatic hydroxyl groups is 1. The van der Waals surface area contributed by atoms with Crippen LogP contribution >= 0.6 is 0 Å². The Labute approximate surface area is 99.2 Å². The number of ketones is 1. The lowest BCUT2D eigenvalue weighted by atomic mass is 10.0. The monoisotopic (exact) mass is 233 g/mol. The van der Waals surface area contributed by atoms with E-state index in [4.69, 9.17) is 9.52 Å². The summed E-state index contributed by atoms with van der Waals surface area (Å²) in [6.07, 6.45) is 2.01. The average Bonchev–Trinajstić information content (AvgIpc) is 2.82. The van der Waals surface area contributed by atoms with E-state index in [-0.39, 0.29) is 18.4 Å². The van der Waals surface area contributed by atoms with Crippen LogP contribution < -0.4 is 5.32 Å². The van der Waals surface area contributed by atoms with E-state index in [9.17, 15) is 4.79 Å². The zero-order chi connectivity index (χ0) is 12.3. The molecule has 4 heteroatoms. The van der Waals surface area contributed by atoms with Crippen LogP contribution in [0.15, 0.2) is 34.9 Å². The number of rotatable bonds is 5. The summed E-state index contributed by atoms with van der Waals surface area (Å²) >= 11 is 0. The summed E-state index contributed by atoms with van der Waals surface area (Å²) in [6.45, 7) is -0.00873. The zero-order valence-corrected chi connectivity index (χ0v) is 9.64. The molecule has 90 valence electrons. The highest BCUT2D eigenvalue weighted by molar-refractivity contribution is 6.02. The van der Waals surface area contributed by atoms with E-state index >= 15 is 0 Å². The number of hydrogen-bond acceptors (Lipinski definition) is 4. The van der Waals surface area contributed by atoms with Gasteiger partial charge in [0.2, 0.25) is 0 Å². The van der Waals surface area contributed by atoms with Crippen molar-refractivity contribution in [2.75, 3.05) is 13.7 Å². The summed E-state index contributed by atoms with van der Waals surface area (Å²) in [7, 11) is 1.72. The molecule has 0 saturated heterocycles. The third-order valence-electron chi connectivity index (χ3n) is 2.82. The first kappa shape index (κ1) is 11.8. The molecule has 2 rings (SSSR count). The second-order valence-electron chi connectivity index (χ2n) is 3.89. The Morgan fingerprint density at radius 2 is 2.29 bits per heavy atom. The van der Waals surface area contributed by atoms with E-state index in [0.29, 0.717) is 12.0 Å². The van der Waals surface area contributed by atoms with Gasteiger partial charge in [-0.05, 0) is 37.7 Å². The van der Waals surface area contributed by atoms with Crippen LogP contribution in [0.4, 0.5) is 0 Å². The number of likely N-dealkylation sites (N-methyl/N-ethyl adjacent to an activating group) is 1. The van der Waals surface area contributed by atoms with Gasteiger partial charge in [0.1, 0.15) is 5.58 Å². The zero-order valence-electron chi connectivity index (χ0n) is 9.64. The van der Waals surface area contributed by atoms with Gasteiger partial charge >= 0.3 is 0 Å². The number of aliphatic hydroxyl groups excluding tert-OH is 1. The van der Waals surface area contributed by atoms with Crippen LogP contribution in [0.3, 0.4) is 0 Å². The third-order valence-corrected chi connectivity index (χ3v) is 2.82. The van der Waals surface area contributed by atoms with Gasteiger partial charge in [-0.1, -0.05) is 0 Å². The predicted molar refractivity (Wildman–Crippen MR) is 65.1 cm³/mol. The molecule has 0 fully saturated rings. The summed E-state index contributed by atoms with van der Waals surface area (Å²) in [5.41, 5.74) is 1.40. The smallest absolute Gasteiger partial charge is 0.179 e. The standard InChI is InChI=1S/C13H15NO3/c1-14-11(4-6-15)13(16)10-2-3-12-9(8-10)5-7-17-12/h2-3,5,7-8,11,14-15H,4,6H2,1H3. The Hall–Kier alpha value is -1.65. The lowest BCUT2D eigenvalue weighted by Crippen LogP contribution is -2.34. The summed E-state index contributed by atoms with van der Waals surface area (Å²) < 4.78 is 5.22. The topological polar surface area (TPSA) is 62.5 Å². The summed E-state index contributed by atoms with van der Waals surface area (Å²) in [6, 6.07) is 6.82. The van der Waals surface area contributed by atoms with Gasteiger partial charge in [0, 0.05) is 17.6 Å². The molecule has 0 spiro atoms. The normalized spacial score (nSPS) is 12.8. The molecule has 0 radical (unpaired) electrons. The van der Waals surface area contributed by atoms with E-state index in [2.05, 4.69) is 5.32 Å². The minimum Gasteiger partial charge on any atom is -0.464 e. The van der Waals surface area contributed by atoms with E-state index in [1.54, 1.807) is 25.4 Å². The Bertz CT molecular complexity index is 518. The molecule has 1 atom stereocenters. The van der Waals surface area contributed by atoms with Crippen molar-refractivity contribution in [1.29, 1.82) is 0 Å². The van der Waals surface area contributed by atoms with E-state index in [1.165, 1.54) is 0 Å². The first-order valence-corrected chi connectivity index (χ1v) is 5.56. The highest BCUT2D eigenvalue weighted by atomic mass is 16.3. The van der Waals surface area contributed by atoms with Crippen LogP contribution in [0.2, 0.25) is 0 Å². The Balaban J connectivity index is 2.28. The number of benzene rings is 1. The molecule has 17 heavy (non-hydrogen) atoms. The van der Waals surface area contributed by atoms with Crippen LogP contribution in [0.25, 0.3) is 11.0 Å². The van der Waals surface area contributed by atoms with Gasteiger partial charge in [-0.3, -0.25) is 4.79 Å². The molecule has 1 aromatic carbocycles. The van der Waals surface area contributed by atoms with Crippen LogP contribution in [0.1, 0.15) is 16.8 Å².